The fourth-order valence-electron chi connectivity index (χ4n) is 2.81. The summed E-state index contributed by atoms with van der Waals surface area (Å²) < 4.78 is 30.6. The first kappa shape index (κ1) is 18.9. The van der Waals surface area contributed by atoms with E-state index in [-0.39, 0.29) is 22.9 Å². The summed E-state index contributed by atoms with van der Waals surface area (Å²) in [6, 6.07) is 15.8. The first-order valence-electron chi connectivity index (χ1n) is 8.34. The van der Waals surface area contributed by atoms with Gasteiger partial charge in [-0.1, -0.05) is 29.8 Å². The molecule has 0 fully saturated rings. The predicted octanol–water partition coefficient (Wildman–Crippen LogP) is 2.88. The Labute approximate surface area is 169 Å². The minimum Gasteiger partial charge on any atom is -0.300 e. The van der Waals surface area contributed by atoms with Crippen LogP contribution in [-0.2, 0) is 16.6 Å². The zero-order chi connectivity index (χ0) is 19.7. The molecular formula is C18H15ClN4O3S2. The summed E-state index contributed by atoms with van der Waals surface area (Å²) >= 11 is 6.77. The lowest BCUT2D eigenvalue weighted by molar-refractivity contribution is 0.546. The van der Waals surface area contributed by atoms with Gasteiger partial charge >= 0.3 is 0 Å². The zero-order valence-corrected chi connectivity index (χ0v) is 16.8. The SMILES string of the molecule is O=c1ccc(-n2ccc3ccccc32)nn1CCNS(=O)(=O)c1ccc(Cl)s1. The first-order valence-corrected chi connectivity index (χ1v) is 11.0. The van der Waals surface area contributed by atoms with Gasteiger partial charge in [0.15, 0.2) is 5.82 Å². The molecule has 0 bridgehead atoms. The lowest BCUT2D eigenvalue weighted by atomic mass is 10.2. The normalized spacial score (nSPS) is 11.9. The average molecular weight is 435 g/mol. The number of nitrogens with one attached hydrogen (secondary N) is 1. The summed E-state index contributed by atoms with van der Waals surface area (Å²) in [5, 5.41) is 5.43. The molecule has 10 heteroatoms. The lowest BCUT2D eigenvalue weighted by Crippen LogP contribution is -2.32. The topological polar surface area (TPSA) is 86.0 Å². The molecule has 144 valence electrons. The largest absolute Gasteiger partial charge is 0.300 e. The highest BCUT2D eigenvalue weighted by molar-refractivity contribution is 7.91. The minimum atomic E-state index is -3.67. The highest BCUT2D eigenvalue weighted by Gasteiger charge is 2.16. The number of hydrogen-bond acceptors (Lipinski definition) is 5. The highest BCUT2D eigenvalue weighted by Crippen LogP contribution is 2.25. The van der Waals surface area contributed by atoms with Gasteiger partial charge in [-0.3, -0.25) is 9.36 Å². The summed E-state index contributed by atoms with van der Waals surface area (Å²) in [6.45, 7) is 0.130. The second kappa shape index (κ2) is 7.51. The molecule has 0 atom stereocenters. The third-order valence-corrected chi connectivity index (χ3v) is 7.31. The van der Waals surface area contributed by atoms with Crippen molar-refractivity contribution in [2.45, 2.75) is 10.8 Å². The van der Waals surface area contributed by atoms with Crippen LogP contribution in [0.15, 0.2) is 69.8 Å². The number of sulfonamides is 1. The van der Waals surface area contributed by atoms with Gasteiger partial charge in [0, 0.05) is 18.8 Å². The third-order valence-electron chi connectivity index (χ3n) is 4.13. The van der Waals surface area contributed by atoms with Gasteiger partial charge in [-0.25, -0.2) is 17.8 Å². The maximum atomic E-state index is 12.2. The second-order valence-electron chi connectivity index (χ2n) is 5.95. The Bertz CT molecular complexity index is 1310. The molecule has 28 heavy (non-hydrogen) atoms. The summed E-state index contributed by atoms with van der Waals surface area (Å²) in [6.07, 6.45) is 1.88. The van der Waals surface area contributed by atoms with Crippen molar-refractivity contribution < 1.29 is 8.42 Å². The van der Waals surface area contributed by atoms with E-state index in [2.05, 4.69) is 9.82 Å². The molecule has 0 amide bonds. The van der Waals surface area contributed by atoms with Crippen molar-refractivity contribution in [3.8, 4) is 5.82 Å². The van der Waals surface area contributed by atoms with E-state index >= 15 is 0 Å². The third kappa shape index (κ3) is 3.74. The number of fused-ring (bicyclic) bond motifs is 1. The molecule has 0 aliphatic rings. The van der Waals surface area contributed by atoms with Crippen LogP contribution < -0.4 is 10.3 Å². The molecule has 1 N–H and O–H groups in total. The van der Waals surface area contributed by atoms with Crippen LogP contribution in [0.1, 0.15) is 0 Å². The van der Waals surface area contributed by atoms with E-state index in [1.165, 1.54) is 22.9 Å². The van der Waals surface area contributed by atoms with E-state index in [0.717, 1.165) is 22.2 Å². The molecule has 4 aromatic rings. The lowest BCUT2D eigenvalue weighted by Gasteiger charge is -2.09. The van der Waals surface area contributed by atoms with Crippen LogP contribution in [0.4, 0.5) is 0 Å². The first-order chi connectivity index (χ1) is 13.4. The van der Waals surface area contributed by atoms with Crippen molar-refractivity contribution in [2.24, 2.45) is 0 Å². The summed E-state index contributed by atoms with van der Waals surface area (Å²) in [4.78, 5) is 12.1. The van der Waals surface area contributed by atoms with Gasteiger partial charge in [0.25, 0.3) is 5.56 Å². The Morgan fingerprint density at radius 3 is 2.68 bits per heavy atom. The van der Waals surface area contributed by atoms with Crippen LogP contribution in [0.2, 0.25) is 4.34 Å². The van der Waals surface area contributed by atoms with Crippen LogP contribution in [0.5, 0.6) is 0 Å². The maximum Gasteiger partial charge on any atom is 0.266 e. The van der Waals surface area contributed by atoms with E-state index in [4.69, 9.17) is 11.6 Å². The Balaban J connectivity index is 1.54. The van der Waals surface area contributed by atoms with E-state index in [9.17, 15) is 13.2 Å². The molecule has 0 saturated carbocycles. The van der Waals surface area contributed by atoms with Crippen molar-refractivity contribution in [1.29, 1.82) is 0 Å². The molecule has 0 aliphatic carbocycles. The molecule has 1 aromatic carbocycles. The molecule has 7 nitrogen and oxygen atoms in total. The highest BCUT2D eigenvalue weighted by atomic mass is 35.5. The molecule has 3 heterocycles. The predicted molar refractivity (Wildman–Crippen MR) is 110 cm³/mol. The summed E-state index contributed by atoms with van der Waals surface area (Å²) in [7, 11) is -3.67. The number of para-hydroxylation sites is 1. The van der Waals surface area contributed by atoms with Gasteiger partial charge in [0.05, 0.1) is 16.4 Å². The van der Waals surface area contributed by atoms with Gasteiger partial charge < -0.3 is 0 Å². The molecule has 0 unspecified atom stereocenters. The van der Waals surface area contributed by atoms with Crippen LogP contribution in [-0.4, -0.2) is 29.3 Å². The van der Waals surface area contributed by atoms with Gasteiger partial charge in [0.1, 0.15) is 4.21 Å². The van der Waals surface area contributed by atoms with Crippen LogP contribution >= 0.6 is 22.9 Å². The zero-order valence-electron chi connectivity index (χ0n) is 14.4. The average Bonchev–Trinajstić information content (AvgIpc) is 3.30. The number of aromatic nitrogens is 3. The van der Waals surface area contributed by atoms with E-state index in [1.54, 1.807) is 6.07 Å². The summed E-state index contributed by atoms with van der Waals surface area (Å²) in [5.41, 5.74) is 0.661. The molecule has 0 aliphatic heterocycles. The number of thiophene rings is 1. The second-order valence-corrected chi connectivity index (χ2v) is 9.66. The van der Waals surface area contributed by atoms with E-state index in [1.807, 2.05) is 41.1 Å². The Morgan fingerprint density at radius 1 is 1.07 bits per heavy atom. The molecule has 0 saturated heterocycles. The number of hydrogen-bond donors (Lipinski definition) is 1. The molecular weight excluding hydrogens is 420 g/mol. The van der Waals surface area contributed by atoms with Crippen molar-refractivity contribution in [2.75, 3.05) is 6.54 Å². The minimum absolute atomic E-state index is 0.0284. The quantitative estimate of drug-likeness (QED) is 0.505. The maximum absolute atomic E-state index is 12.2. The Hall–Kier alpha value is -2.46. The van der Waals surface area contributed by atoms with Gasteiger partial charge in [0.2, 0.25) is 10.0 Å². The van der Waals surface area contributed by atoms with Crippen molar-refractivity contribution >= 4 is 43.9 Å². The van der Waals surface area contributed by atoms with Crippen molar-refractivity contribution in [3.05, 3.63) is 75.5 Å². The van der Waals surface area contributed by atoms with Crippen LogP contribution in [0.25, 0.3) is 16.7 Å². The monoisotopic (exact) mass is 434 g/mol. The molecule has 0 radical (unpaired) electrons. The Morgan fingerprint density at radius 2 is 1.89 bits per heavy atom. The number of benzene rings is 1. The summed E-state index contributed by atoms with van der Waals surface area (Å²) in [5.74, 6) is 0.577. The van der Waals surface area contributed by atoms with Gasteiger partial charge in [-0.05, 0) is 35.7 Å². The smallest absolute Gasteiger partial charge is 0.266 e. The molecule has 0 spiro atoms. The molecule has 3 aromatic heterocycles. The van der Waals surface area contributed by atoms with Crippen molar-refractivity contribution in [1.82, 2.24) is 19.1 Å². The Kier molecular flexibility index (Phi) is 5.07. The van der Waals surface area contributed by atoms with E-state index < -0.39 is 10.0 Å². The number of nitrogens with zero attached hydrogens (tertiary/aromatic N) is 3. The van der Waals surface area contributed by atoms with Gasteiger partial charge in [-0.2, -0.15) is 5.10 Å². The van der Waals surface area contributed by atoms with Crippen LogP contribution in [0.3, 0.4) is 0 Å². The fraction of sp³-hybridized carbons (Fsp3) is 0.111. The molecule has 4 rings (SSSR count). The standard InChI is InChI=1S/C18H15ClN4O3S2/c19-15-5-8-18(27-15)28(25,26)20-10-12-23-17(24)7-6-16(21-23)22-11-9-13-3-1-2-4-14(13)22/h1-9,11,20H,10,12H2. The van der Waals surface area contributed by atoms with Crippen LogP contribution in [0, 0.1) is 0 Å². The number of halogens is 1. The fourth-order valence-corrected chi connectivity index (χ4v) is 5.36. The van der Waals surface area contributed by atoms with Crippen molar-refractivity contribution in [3.63, 3.8) is 0 Å². The van der Waals surface area contributed by atoms with E-state index in [0.29, 0.717) is 10.2 Å². The van der Waals surface area contributed by atoms with Gasteiger partial charge in [-0.15, -0.1) is 11.3 Å². The number of rotatable bonds is 6.